The Kier molecular flexibility index (Phi) is 6.76. The monoisotopic (exact) mass is 403 g/mol. The Morgan fingerprint density at radius 2 is 1.66 bits per heavy atom. The summed E-state index contributed by atoms with van der Waals surface area (Å²) >= 11 is 0. The molecule has 1 unspecified atom stereocenters. The number of piperidine rings is 1. The van der Waals surface area contributed by atoms with Gasteiger partial charge >= 0.3 is 0 Å². The fraction of sp³-hybridized carbons (Fsp3) is 0.870. The van der Waals surface area contributed by atoms with E-state index in [1.165, 1.54) is 32.1 Å². The summed E-state index contributed by atoms with van der Waals surface area (Å²) < 4.78 is 0. The van der Waals surface area contributed by atoms with Gasteiger partial charge in [0.15, 0.2) is 0 Å². The van der Waals surface area contributed by atoms with E-state index in [4.69, 9.17) is 0 Å². The van der Waals surface area contributed by atoms with Crippen molar-refractivity contribution in [2.24, 2.45) is 17.8 Å². The van der Waals surface area contributed by atoms with Crippen molar-refractivity contribution in [3.8, 4) is 0 Å². The first-order valence-electron chi connectivity index (χ1n) is 11.9. The van der Waals surface area contributed by atoms with Gasteiger partial charge in [-0.05, 0) is 43.9 Å². The number of nitrogens with one attached hydrogen (secondary N) is 1. The lowest BCUT2D eigenvalue weighted by Crippen LogP contribution is -2.42. The average molecular weight is 404 g/mol. The number of nitrogens with zero attached hydrogens (tertiary/aromatic N) is 2. The molecule has 3 amide bonds. The van der Waals surface area contributed by atoms with E-state index >= 15 is 0 Å². The van der Waals surface area contributed by atoms with E-state index in [0.717, 1.165) is 57.7 Å². The lowest BCUT2D eigenvalue weighted by atomic mass is 9.86. The van der Waals surface area contributed by atoms with Crippen LogP contribution in [0.25, 0.3) is 0 Å². The molecule has 0 bridgehead atoms. The molecule has 0 aromatic carbocycles. The summed E-state index contributed by atoms with van der Waals surface area (Å²) in [6.07, 6.45) is 12.9. The third-order valence-corrected chi connectivity index (χ3v) is 7.45. The van der Waals surface area contributed by atoms with Crippen LogP contribution in [0.5, 0.6) is 0 Å². The quantitative estimate of drug-likeness (QED) is 0.711. The van der Waals surface area contributed by atoms with Crippen LogP contribution in [-0.2, 0) is 14.4 Å². The first-order valence-corrected chi connectivity index (χ1v) is 11.9. The molecule has 0 spiro atoms. The maximum Gasteiger partial charge on any atom is 0.225 e. The minimum Gasteiger partial charge on any atom is -0.353 e. The van der Waals surface area contributed by atoms with Crippen LogP contribution in [0.2, 0.25) is 0 Å². The molecule has 2 aliphatic carbocycles. The van der Waals surface area contributed by atoms with E-state index in [-0.39, 0.29) is 17.7 Å². The Bertz CT molecular complexity index is 604. The second-order valence-corrected chi connectivity index (χ2v) is 9.85. The lowest BCUT2D eigenvalue weighted by Gasteiger charge is -2.34. The SMILES string of the molecule is O=C(NC1CC1)C1CC(=O)N(CC2CCN(C(=O)CCC3CCCCC3)CC2)C1. The smallest absolute Gasteiger partial charge is 0.225 e. The molecular weight excluding hydrogens is 366 g/mol. The highest BCUT2D eigenvalue weighted by molar-refractivity contribution is 5.89. The molecule has 4 fully saturated rings. The summed E-state index contributed by atoms with van der Waals surface area (Å²) in [4.78, 5) is 41.1. The lowest BCUT2D eigenvalue weighted by molar-refractivity contribution is -0.134. The molecule has 0 aromatic rings. The van der Waals surface area contributed by atoms with Gasteiger partial charge in [-0.2, -0.15) is 0 Å². The maximum atomic E-state index is 12.6. The summed E-state index contributed by atoms with van der Waals surface area (Å²) in [5.41, 5.74) is 0. The third-order valence-electron chi connectivity index (χ3n) is 7.45. The molecule has 2 aliphatic heterocycles. The van der Waals surface area contributed by atoms with Gasteiger partial charge in [0, 0.05) is 45.1 Å². The number of likely N-dealkylation sites (tertiary alicyclic amines) is 2. The van der Waals surface area contributed by atoms with Crippen LogP contribution in [0.4, 0.5) is 0 Å². The third kappa shape index (κ3) is 5.73. The number of rotatable bonds is 7. The summed E-state index contributed by atoms with van der Waals surface area (Å²) in [6.45, 7) is 2.96. The highest BCUT2D eigenvalue weighted by Crippen LogP contribution is 2.29. The summed E-state index contributed by atoms with van der Waals surface area (Å²) in [6, 6.07) is 0.353. The van der Waals surface area contributed by atoms with Crippen molar-refractivity contribution in [3.63, 3.8) is 0 Å². The van der Waals surface area contributed by atoms with Crippen LogP contribution in [0, 0.1) is 17.8 Å². The highest BCUT2D eigenvalue weighted by atomic mass is 16.2. The van der Waals surface area contributed by atoms with Crippen LogP contribution in [0.15, 0.2) is 0 Å². The van der Waals surface area contributed by atoms with E-state index in [2.05, 4.69) is 5.32 Å². The van der Waals surface area contributed by atoms with Crippen LogP contribution in [0.3, 0.4) is 0 Å². The van der Waals surface area contributed by atoms with Crippen molar-refractivity contribution in [1.29, 1.82) is 0 Å². The largest absolute Gasteiger partial charge is 0.353 e. The average Bonchev–Trinajstić information content (AvgIpc) is 3.48. The number of carbonyl (C=O) groups excluding carboxylic acids is 3. The van der Waals surface area contributed by atoms with Crippen LogP contribution >= 0.6 is 0 Å². The highest BCUT2D eigenvalue weighted by Gasteiger charge is 2.37. The fourth-order valence-electron chi connectivity index (χ4n) is 5.31. The molecule has 2 saturated heterocycles. The van der Waals surface area contributed by atoms with E-state index in [0.29, 0.717) is 37.3 Å². The molecule has 1 atom stereocenters. The molecule has 6 heteroatoms. The van der Waals surface area contributed by atoms with E-state index in [1.54, 1.807) is 0 Å². The first kappa shape index (κ1) is 20.7. The number of hydrogen-bond donors (Lipinski definition) is 1. The number of amides is 3. The van der Waals surface area contributed by atoms with Gasteiger partial charge < -0.3 is 15.1 Å². The minimum atomic E-state index is -0.176. The molecule has 2 saturated carbocycles. The van der Waals surface area contributed by atoms with Gasteiger partial charge in [0.05, 0.1) is 5.92 Å². The molecule has 4 aliphatic rings. The van der Waals surface area contributed by atoms with Crippen molar-refractivity contribution in [1.82, 2.24) is 15.1 Å². The second-order valence-electron chi connectivity index (χ2n) is 9.85. The predicted molar refractivity (Wildman–Crippen MR) is 111 cm³/mol. The van der Waals surface area contributed by atoms with Crippen molar-refractivity contribution in [2.75, 3.05) is 26.2 Å². The zero-order valence-electron chi connectivity index (χ0n) is 17.7. The Morgan fingerprint density at radius 3 is 2.34 bits per heavy atom. The second kappa shape index (κ2) is 9.48. The Hall–Kier alpha value is -1.59. The van der Waals surface area contributed by atoms with Gasteiger partial charge in [0.2, 0.25) is 17.7 Å². The van der Waals surface area contributed by atoms with Crippen LogP contribution < -0.4 is 5.32 Å². The van der Waals surface area contributed by atoms with Gasteiger partial charge in [0.25, 0.3) is 0 Å². The molecule has 1 N–H and O–H groups in total. The summed E-state index contributed by atoms with van der Waals surface area (Å²) in [7, 11) is 0. The molecule has 29 heavy (non-hydrogen) atoms. The van der Waals surface area contributed by atoms with Crippen LogP contribution in [-0.4, -0.2) is 59.7 Å². The van der Waals surface area contributed by atoms with Gasteiger partial charge in [-0.1, -0.05) is 32.1 Å². The molecule has 0 radical (unpaired) electrons. The Balaban J connectivity index is 1.15. The first-order chi connectivity index (χ1) is 14.1. The molecule has 2 heterocycles. The maximum absolute atomic E-state index is 12.6. The van der Waals surface area contributed by atoms with Crippen molar-refractivity contribution >= 4 is 17.7 Å². The molecule has 162 valence electrons. The minimum absolute atomic E-state index is 0.0572. The standard InChI is InChI=1S/C23H37N3O3/c27-21(9-6-17-4-2-1-3-5-17)25-12-10-18(11-13-25)15-26-16-19(14-22(26)28)23(29)24-20-7-8-20/h17-20H,1-16H2,(H,24,29). The molecule has 0 aromatic heterocycles. The fourth-order valence-corrected chi connectivity index (χ4v) is 5.31. The van der Waals surface area contributed by atoms with Gasteiger partial charge in [-0.15, -0.1) is 0 Å². The van der Waals surface area contributed by atoms with Gasteiger partial charge in [-0.25, -0.2) is 0 Å². The van der Waals surface area contributed by atoms with Crippen molar-refractivity contribution < 1.29 is 14.4 Å². The van der Waals surface area contributed by atoms with Crippen molar-refractivity contribution in [3.05, 3.63) is 0 Å². The predicted octanol–water partition coefficient (Wildman–Crippen LogP) is 2.71. The summed E-state index contributed by atoms with van der Waals surface area (Å²) in [5.74, 6) is 1.53. The van der Waals surface area contributed by atoms with E-state index in [1.807, 2.05) is 9.80 Å². The zero-order valence-corrected chi connectivity index (χ0v) is 17.7. The Morgan fingerprint density at radius 1 is 0.931 bits per heavy atom. The normalized spacial score (nSPS) is 26.8. The van der Waals surface area contributed by atoms with E-state index < -0.39 is 0 Å². The van der Waals surface area contributed by atoms with Gasteiger partial charge in [0.1, 0.15) is 0 Å². The number of carbonyl (C=O) groups is 3. The van der Waals surface area contributed by atoms with Gasteiger partial charge in [-0.3, -0.25) is 14.4 Å². The molecule has 6 nitrogen and oxygen atoms in total. The van der Waals surface area contributed by atoms with E-state index in [9.17, 15) is 14.4 Å². The number of hydrogen-bond acceptors (Lipinski definition) is 3. The topological polar surface area (TPSA) is 69.7 Å². The Labute approximate surface area is 174 Å². The summed E-state index contributed by atoms with van der Waals surface area (Å²) in [5, 5.41) is 3.03. The molecular formula is C23H37N3O3. The van der Waals surface area contributed by atoms with Crippen LogP contribution in [0.1, 0.15) is 77.0 Å². The van der Waals surface area contributed by atoms with Crippen molar-refractivity contribution in [2.45, 2.75) is 83.1 Å². The zero-order chi connectivity index (χ0) is 20.2. The molecule has 4 rings (SSSR count).